The van der Waals surface area contributed by atoms with Crippen molar-refractivity contribution in [3.05, 3.63) is 65.4 Å². The number of nitrogens with zero attached hydrogens (tertiary/aromatic N) is 2. The second-order valence-electron chi connectivity index (χ2n) is 6.74. The summed E-state index contributed by atoms with van der Waals surface area (Å²) < 4.78 is 43.4. The number of ether oxygens (including phenoxy) is 3. The topological polar surface area (TPSA) is 109 Å². The van der Waals surface area contributed by atoms with Crippen LogP contribution in [0.5, 0.6) is 17.4 Å². The van der Waals surface area contributed by atoms with Crippen LogP contribution in [0.1, 0.15) is 21.6 Å². The summed E-state index contributed by atoms with van der Waals surface area (Å²) >= 11 is 0. The number of carbonyl (C=O) groups excluding carboxylic acids is 1. The van der Waals surface area contributed by atoms with Gasteiger partial charge < -0.3 is 19.5 Å². The molecule has 0 unspecified atom stereocenters. The Morgan fingerprint density at radius 2 is 1.80 bits per heavy atom. The van der Waals surface area contributed by atoms with Crippen LogP contribution in [0.4, 0.5) is 0 Å². The van der Waals surface area contributed by atoms with Gasteiger partial charge in [-0.15, -0.1) is 5.10 Å². The number of rotatable bonds is 4. The Morgan fingerprint density at radius 1 is 1.03 bits per heavy atom. The first kappa shape index (κ1) is 18.6. The van der Waals surface area contributed by atoms with Crippen molar-refractivity contribution in [1.82, 2.24) is 14.5 Å². The van der Waals surface area contributed by atoms with Crippen LogP contribution in [0.3, 0.4) is 0 Å². The summed E-state index contributed by atoms with van der Waals surface area (Å²) in [5.41, 5.74) is 1.24. The predicted octanol–water partition coefficient (Wildman–Crippen LogP) is 1.71. The summed E-state index contributed by atoms with van der Waals surface area (Å²) in [5, 5.41) is 7.20. The molecule has 0 atom stereocenters. The van der Waals surface area contributed by atoms with Gasteiger partial charge in [-0.2, -0.15) is 12.5 Å². The van der Waals surface area contributed by atoms with Crippen LogP contribution < -0.4 is 19.5 Å². The Bertz CT molecular complexity index is 1240. The summed E-state index contributed by atoms with van der Waals surface area (Å²) in [5.74, 6) is 0.318. The quantitative estimate of drug-likeness (QED) is 0.627. The van der Waals surface area contributed by atoms with Crippen LogP contribution in [-0.2, 0) is 23.1 Å². The molecule has 0 amide bonds. The maximum atomic E-state index is 13.0. The minimum Gasteiger partial charge on any atom is -0.486 e. The van der Waals surface area contributed by atoms with E-state index in [-0.39, 0.29) is 16.3 Å². The van der Waals surface area contributed by atoms with Crippen LogP contribution in [0.15, 0.2) is 53.4 Å². The summed E-state index contributed by atoms with van der Waals surface area (Å²) in [6.45, 7) is 1.50. The van der Waals surface area contributed by atoms with Crippen LogP contribution >= 0.6 is 0 Å². The van der Waals surface area contributed by atoms with E-state index in [4.69, 9.17) is 14.2 Å². The van der Waals surface area contributed by atoms with Gasteiger partial charge in [0.05, 0.1) is 21.7 Å². The molecule has 1 N–H and O–H groups in total. The molecule has 3 aromatic rings. The predicted molar refractivity (Wildman–Crippen MR) is 104 cm³/mol. The van der Waals surface area contributed by atoms with E-state index in [9.17, 15) is 13.2 Å². The molecule has 0 saturated carbocycles. The zero-order valence-corrected chi connectivity index (χ0v) is 16.5. The molecular formula is C20H17N3O6S. The van der Waals surface area contributed by atoms with E-state index in [0.717, 1.165) is 4.09 Å². The fourth-order valence-corrected chi connectivity index (χ4v) is 4.74. The zero-order chi connectivity index (χ0) is 20.7. The fourth-order valence-electron chi connectivity index (χ4n) is 3.39. The first-order valence-corrected chi connectivity index (χ1v) is 10.7. The summed E-state index contributed by atoms with van der Waals surface area (Å²) in [6, 6.07) is 12.7. The SMILES string of the molecule is O=C(Oc1nn(S(=O)(=O)c2ccccc2)c2c1CNC2)c1ccc2c(c1)OCCO2. The number of esters is 1. The molecule has 10 heteroatoms. The average molecular weight is 427 g/mol. The van der Waals surface area contributed by atoms with Crippen LogP contribution in [0.25, 0.3) is 0 Å². The van der Waals surface area contributed by atoms with Crippen molar-refractivity contribution in [3.63, 3.8) is 0 Å². The van der Waals surface area contributed by atoms with Gasteiger partial charge in [0.2, 0.25) is 5.88 Å². The van der Waals surface area contributed by atoms with Crippen molar-refractivity contribution in [1.29, 1.82) is 0 Å². The number of hydrogen-bond acceptors (Lipinski definition) is 8. The molecule has 0 saturated heterocycles. The highest BCUT2D eigenvalue weighted by Crippen LogP contribution is 2.32. The number of aromatic nitrogens is 2. The molecule has 2 aliphatic heterocycles. The lowest BCUT2D eigenvalue weighted by molar-refractivity contribution is 0.0724. The highest BCUT2D eigenvalue weighted by atomic mass is 32.2. The zero-order valence-electron chi connectivity index (χ0n) is 15.7. The molecule has 3 heterocycles. The third-order valence-corrected chi connectivity index (χ3v) is 6.47. The van der Waals surface area contributed by atoms with E-state index >= 15 is 0 Å². The number of nitrogens with one attached hydrogen (secondary N) is 1. The first-order valence-electron chi connectivity index (χ1n) is 9.28. The Hall–Kier alpha value is -3.37. The lowest BCUT2D eigenvalue weighted by atomic mass is 10.2. The molecule has 5 rings (SSSR count). The monoisotopic (exact) mass is 427 g/mol. The van der Waals surface area contributed by atoms with Gasteiger partial charge in [-0.25, -0.2) is 4.79 Å². The number of hydrogen-bond donors (Lipinski definition) is 1. The Morgan fingerprint density at radius 3 is 2.60 bits per heavy atom. The largest absolute Gasteiger partial charge is 0.486 e. The maximum absolute atomic E-state index is 13.0. The van der Waals surface area contributed by atoms with Gasteiger partial charge in [-0.3, -0.25) is 0 Å². The van der Waals surface area contributed by atoms with Crippen molar-refractivity contribution in [2.24, 2.45) is 0 Å². The highest BCUT2D eigenvalue weighted by molar-refractivity contribution is 7.89. The summed E-state index contributed by atoms with van der Waals surface area (Å²) in [4.78, 5) is 12.8. The third kappa shape index (κ3) is 3.10. The van der Waals surface area contributed by atoms with Crippen molar-refractivity contribution in [3.8, 4) is 17.4 Å². The van der Waals surface area contributed by atoms with E-state index in [2.05, 4.69) is 10.4 Å². The molecule has 1 aromatic heterocycles. The molecule has 0 spiro atoms. The molecule has 0 aliphatic carbocycles. The molecule has 154 valence electrons. The van der Waals surface area contributed by atoms with Crippen molar-refractivity contribution in [2.45, 2.75) is 18.0 Å². The van der Waals surface area contributed by atoms with E-state index < -0.39 is 16.0 Å². The van der Waals surface area contributed by atoms with Gasteiger partial charge in [0, 0.05) is 13.1 Å². The number of fused-ring (bicyclic) bond motifs is 2. The van der Waals surface area contributed by atoms with Crippen LogP contribution in [0.2, 0.25) is 0 Å². The molecule has 9 nitrogen and oxygen atoms in total. The van der Waals surface area contributed by atoms with E-state index in [1.54, 1.807) is 30.3 Å². The van der Waals surface area contributed by atoms with E-state index in [0.29, 0.717) is 49.1 Å². The Kier molecular flexibility index (Phi) is 4.44. The van der Waals surface area contributed by atoms with Gasteiger partial charge in [0.15, 0.2) is 11.5 Å². The Balaban J connectivity index is 1.48. The average Bonchev–Trinajstić information content (AvgIpc) is 3.38. The lowest BCUT2D eigenvalue weighted by Crippen LogP contribution is -2.19. The maximum Gasteiger partial charge on any atom is 0.345 e. The highest BCUT2D eigenvalue weighted by Gasteiger charge is 2.31. The first-order chi connectivity index (χ1) is 14.5. The molecule has 0 fully saturated rings. The van der Waals surface area contributed by atoms with Gasteiger partial charge in [0.1, 0.15) is 13.2 Å². The smallest absolute Gasteiger partial charge is 0.345 e. The van der Waals surface area contributed by atoms with Gasteiger partial charge in [-0.1, -0.05) is 18.2 Å². The van der Waals surface area contributed by atoms with Gasteiger partial charge in [-0.05, 0) is 30.3 Å². The number of carbonyl (C=O) groups is 1. The van der Waals surface area contributed by atoms with Crippen molar-refractivity contribution >= 4 is 16.0 Å². The van der Waals surface area contributed by atoms with Crippen LogP contribution in [0, 0.1) is 0 Å². The molecular weight excluding hydrogens is 410 g/mol. The van der Waals surface area contributed by atoms with E-state index in [1.165, 1.54) is 18.2 Å². The minimum atomic E-state index is -3.92. The second kappa shape index (κ2) is 7.15. The second-order valence-corrected chi connectivity index (χ2v) is 8.51. The van der Waals surface area contributed by atoms with E-state index in [1.807, 2.05) is 0 Å². The molecule has 0 bridgehead atoms. The molecule has 30 heavy (non-hydrogen) atoms. The molecule has 2 aromatic carbocycles. The fraction of sp³-hybridized carbons (Fsp3) is 0.200. The lowest BCUT2D eigenvalue weighted by Gasteiger charge is -2.18. The normalized spacial score (nSPS) is 14.9. The van der Waals surface area contributed by atoms with Crippen molar-refractivity contribution in [2.75, 3.05) is 13.2 Å². The Labute approximate surface area is 172 Å². The minimum absolute atomic E-state index is 0.0330. The third-order valence-electron chi connectivity index (χ3n) is 4.85. The number of benzene rings is 2. The van der Waals surface area contributed by atoms with Gasteiger partial charge >= 0.3 is 5.97 Å². The molecule has 0 radical (unpaired) electrons. The standard InChI is InChI=1S/C20H17N3O6S/c24-20(13-6-7-17-18(10-13)28-9-8-27-17)29-19-15-11-21-12-16(15)23(22-19)30(25,26)14-4-2-1-3-5-14/h1-7,10,21H,8-9,11-12H2. The summed E-state index contributed by atoms with van der Waals surface area (Å²) in [7, 11) is -3.92. The van der Waals surface area contributed by atoms with Crippen LogP contribution in [-0.4, -0.2) is 36.8 Å². The van der Waals surface area contributed by atoms with Crippen molar-refractivity contribution < 1.29 is 27.4 Å². The van der Waals surface area contributed by atoms with Gasteiger partial charge in [0.25, 0.3) is 10.0 Å². The molecule has 2 aliphatic rings. The summed E-state index contributed by atoms with van der Waals surface area (Å²) in [6.07, 6.45) is 0.